The van der Waals surface area contributed by atoms with Crippen molar-refractivity contribution in [2.24, 2.45) is 0 Å². The van der Waals surface area contributed by atoms with E-state index in [0.717, 1.165) is 0 Å². The van der Waals surface area contributed by atoms with E-state index in [0.29, 0.717) is 0 Å². The maximum absolute atomic E-state index is 11.9. The van der Waals surface area contributed by atoms with Crippen molar-refractivity contribution in [3.8, 4) is 0 Å². The van der Waals surface area contributed by atoms with Crippen LogP contribution in [0.3, 0.4) is 0 Å². The average Bonchev–Trinajstić information content (AvgIpc) is 1.95. The molecule has 1 aliphatic rings. The Labute approximate surface area is 52.7 Å². The maximum atomic E-state index is 11.9. The van der Waals surface area contributed by atoms with Gasteiger partial charge in [0.25, 0.3) is 0 Å². The summed E-state index contributed by atoms with van der Waals surface area (Å²) in [6.45, 7) is 0. The van der Waals surface area contributed by atoms with Gasteiger partial charge < -0.3 is 9.84 Å². The van der Waals surface area contributed by atoms with Gasteiger partial charge in [-0.15, -0.1) is 0 Å². The molecule has 2 nitrogen and oxygen atoms in total. The van der Waals surface area contributed by atoms with Gasteiger partial charge in [-0.1, -0.05) is 0 Å². The second kappa shape index (κ2) is 1.85. The largest absolute Gasteiger partial charge is 0.433 e. The Kier molecular flexibility index (Phi) is 1.36. The summed E-state index contributed by atoms with van der Waals surface area (Å²) < 4.78 is 50.3. The molecule has 0 amide bonds. The Hall–Kier alpha value is -0.780. The van der Waals surface area contributed by atoms with E-state index in [9.17, 15) is 17.6 Å². The molecule has 1 atom stereocenters. The quantitative estimate of drug-likeness (QED) is 0.534. The normalized spacial score (nSPS) is 30.7. The van der Waals surface area contributed by atoms with Crippen molar-refractivity contribution in [3.05, 3.63) is 11.8 Å². The van der Waals surface area contributed by atoms with Crippen LogP contribution in [-0.2, 0) is 4.74 Å². The van der Waals surface area contributed by atoms with Crippen molar-refractivity contribution in [2.45, 2.75) is 12.2 Å². The van der Waals surface area contributed by atoms with Crippen molar-refractivity contribution in [3.63, 3.8) is 0 Å². The minimum atomic E-state index is -4.17. The molecule has 1 rings (SSSR count). The summed E-state index contributed by atoms with van der Waals surface area (Å²) in [6.07, 6.45) is -6.98. The highest BCUT2D eigenvalue weighted by molar-refractivity contribution is 5.09. The van der Waals surface area contributed by atoms with Crippen molar-refractivity contribution >= 4 is 0 Å². The second-order valence-electron chi connectivity index (χ2n) is 1.69. The second-order valence-corrected chi connectivity index (χ2v) is 1.69. The molecule has 6 heteroatoms. The summed E-state index contributed by atoms with van der Waals surface area (Å²) in [6, 6.07) is -2.06. The molecule has 0 saturated heterocycles. The van der Waals surface area contributed by atoms with Crippen LogP contribution in [0.25, 0.3) is 0 Å². The van der Waals surface area contributed by atoms with Gasteiger partial charge in [0.2, 0.25) is 11.9 Å². The van der Waals surface area contributed by atoms with Crippen LogP contribution in [0.15, 0.2) is 11.8 Å². The highest BCUT2D eigenvalue weighted by atomic mass is 19.3. The van der Waals surface area contributed by atoms with Crippen LogP contribution < -0.4 is 0 Å². The predicted octanol–water partition coefficient (Wildman–Crippen LogP) is 1.08. The number of alkyl halides is 2. The van der Waals surface area contributed by atoms with E-state index in [1.807, 2.05) is 0 Å². The molecule has 58 valence electrons. The molecule has 0 aliphatic carbocycles. The summed E-state index contributed by atoms with van der Waals surface area (Å²) in [4.78, 5) is 0. The monoisotopic (exact) mass is 158 g/mol. The molecular weight excluding hydrogens is 156 g/mol. The lowest BCUT2D eigenvalue weighted by Gasteiger charge is -2.10. The van der Waals surface area contributed by atoms with Crippen LogP contribution in [0.1, 0.15) is 0 Å². The smallest absolute Gasteiger partial charge is 0.402 e. The summed E-state index contributed by atoms with van der Waals surface area (Å²) in [7, 11) is 0. The highest BCUT2D eigenvalue weighted by Crippen LogP contribution is 2.37. The molecule has 0 fully saturated rings. The molecule has 0 spiro atoms. The van der Waals surface area contributed by atoms with E-state index in [1.165, 1.54) is 0 Å². The van der Waals surface area contributed by atoms with Gasteiger partial charge >= 0.3 is 12.1 Å². The molecule has 0 aromatic rings. The lowest BCUT2D eigenvalue weighted by molar-refractivity contribution is -0.249. The number of rotatable bonds is 0. The van der Waals surface area contributed by atoms with Gasteiger partial charge in [-0.05, 0) is 0 Å². The first kappa shape index (κ1) is 7.33. The molecule has 1 aliphatic heterocycles. The number of halogens is 4. The molecule has 0 saturated carbocycles. The molecule has 1 N–H and O–H groups in total. The third kappa shape index (κ3) is 0.841. The van der Waals surface area contributed by atoms with E-state index < -0.39 is 24.1 Å². The van der Waals surface area contributed by atoms with Gasteiger partial charge in [0.05, 0.1) is 0 Å². The SMILES string of the molecule is OC1C(F)=C(F)OC1(F)F. The molecule has 0 aromatic carbocycles. The Balaban J connectivity index is 2.87. The van der Waals surface area contributed by atoms with Crippen LogP contribution >= 0.6 is 0 Å². The van der Waals surface area contributed by atoms with Crippen LogP contribution in [0.5, 0.6) is 0 Å². The zero-order chi connectivity index (χ0) is 7.94. The van der Waals surface area contributed by atoms with Crippen LogP contribution in [-0.4, -0.2) is 17.3 Å². The predicted molar refractivity (Wildman–Crippen MR) is 21.3 cm³/mol. The average molecular weight is 158 g/mol. The summed E-state index contributed by atoms with van der Waals surface area (Å²) in [5.41, 5.74) is 0. The van der Waals surface area contributed by atoms with Crippen molar-refractivity contribution in [1.82, 2.24) is 0 Å². The molecule has 0 aromatic heterocycles. The first-order valence-corrected chi connectivity index (χ1v) is 2.25. The third-order valence-electron chi connectivity index (χ3n) is 0.972. The van der Waals surface area contributed by atoms with Crippen molar-refractivity contribution in [1.29, 1.82) is 0 Å². The minimum Gasteiger partial charge on any atom is -0.402 e. The Bertz CT molecular complexity index is 188. The molecule has 0 radical (unpaired) electrons. The number of aliphatic hydroxyl groups excluding tert-OH is 1. The van der Waals surface area contributed by atoms with E-state index in [2.05, 4.69) is 4.74 Å². The topological polar surface area (TPSA) is 29.5 Å². The Morgan fingerprint density at radius 3 is 2.00 bits per heavy atom. The zero-order valence-corrected chi connectivity index (χ0v) is 4.44. The van der Waals surface area contributed by atoms with Crippen molar-refractivity contribution in [2.75, 3.05) is 0 Å². The van der Waals surface area contributed by atoms with E-state index in [4.69, 9.17) is 5.11 Å². The van der Waals surface area contributed by atoms with Gasteiger partial charge in [-0.25, -0.2) is 4.39 Å². The van der Waals surface area contributed by atoms with Crippen LogP contribution in [0.4, 0.5) is 17.6 Å². The fourth-order valence-corrected chi connectivity index (χ4v) is 0.479. The number of hydrogen-bond donors (Lipinski definition) is 1. The van der Waals surface area contributed by atoms with E-state index in [-0.39, 0.29) is 0 Å². The first-order valence-electron chi connectivity index (χ1n) is 2.25. The molecular formula is C4H2F4O2. The highest BCUT2D eigenvalue weighted by Gasteiger charge is 2.53. The lowest BCUT2D eigenvalue weighted by Crippen LogP contribution is -2.30. The molecule has 1 heterocycles. The minimum absolute atomic E-state index is 1.97. The lowest BCUT2D eigenvalue weighted by atomic mass is 10.3. The first-order chi connectivity index (χ1) is 4.45. The number of hydrogen-bond acceptors (Lipinski definition) is 2. The fourth-order valence-electron chi connectivity index (χ4n) is 0.479. The molecule has 0 bridgehead atoms. The summed E-state index contributed by atoms with van der Waals surface area (Å²) >= 11 is 0. The maximum Gasteiger partial charge on any atom is 0.433 e. The van der Waals surface area contributed by atoms with Crippen molar-refractivity contribution < 1.29 is 27.4 Å². The zero-order valence-electron chi connectivity index (χ0n) is 4.44. The van der Waals surface area contributed by atoms with Crippen LogP contribution in [0, 0.1) is 0 Å². The molecule has 1 unspecified atom stereocenters. The van der Waals surface area contributed by atoms with E-state index in [1.54, 1.807) is 0 Å². The van der Waals surface area contributed by atoms with Gasteiger partial charge in [0, 0.05) is 0 Å². The Morgan fingerprint density at radius 2 is 1.90 bits per heavy atom. The van der Waals surface area contributed by atoms with Gasteiger partial charge in [0.15, 0.2) is 0 Å². The molecule has 10 heavy (non-hydrogen) atoms. The number of aliphatic hydroxyl groups is 1. The third-order valence-corrected chi connectivity index (χ3v) is 0.972. The van der Waals surface area contributed by atoms with Gasteiger partial charge in [-0.2, -0.15) is 13.2 Å². The van der Waals surface area contributed by atoms with E-state index >= 15 is 0 Å². The van der Waals surface area contributed by atoms with Gasteiger partial charge in [0.1, 0.15) is 0 Å². The van der Waals surface area contributed by atoms with Gasteiger partial charge in [-0.3, -0.25) is 0 Å². The van der Waals surface area contributed by atoms with Crippen LogP contribution in [0.2, 0.25) is 0 Å². The summed E-state index contributed by atoms with van der Waals surface area (Å²) in [5, 5.41) is 8.15. The number of ether oxygens (including phenoxy) is 1. The fraction of sp³-hybridized carbons (Fsp3) is 0.500. The Morgan fingerprint density at radius 1 is 1.40 bits per heavy atom. The summed E-state index contributed by atoms with van der Waals surface area (Å²) in [5.74, 6) is -1.97. The standard InChI is InChI=1S/C4H2F4O2/c5-1-2(9)4(7,8)10-3(1)6/h2,9H.